The highest BCUT2D eigenvalue weighted by Crippen LogP contribution is 2.25. The summed E-state index contributed by atoms with van der Waals surface area (Å²) in [5.41, 5.74) is 4.16. The SMILES string of the molecule is Cc1ccc(Cn2c(=O)[nH]c3cc(-c4nc(-c5ccccc5C)no4)ccc3c2=O)cc1. The lowest BCUT2D eigenvalue weighted by atomic mass is 10.1. The summed E-state index contributed by atoms with van der Waals surface area (Å²) in [4.78, 5) is 32.9. The lowest BCUT2D eigenvalue weighted by Gasteiger charge is -2.07. The van der Waals surface area contributed by atoms with Crippen LogP contribution in [-0.2, 0) is 6.54 Å². The van der Waals surface area contributed by atoms with E-state index >= 15 is 0 Å². The van der Waals surface area contributed by atoms with Crippen molar-refractivity contribution in [2.75, 3.05) is 0 Å². The topological polar surface area (TPSA) is 93.8 Å². The van der Waals surface area contributed by atoms with Crippen molar-refractivity contribution in [2.45, 2.75) is 20.4 Å². The van der Waals surface area contributed by atoms with Gasteiger partial charge in [0.15, 0.2) is 0 Å². The van der Waals surface area contributed by atoms with E-state index in [1.165, 1.54) is 4.57 Å². The van der Waals surface area contributed by atoms with Crippen LogP contribution in [0.4, 0.5) is 0 Å². The standard InChI is InChI=1S/C25H20N4O3/c1-15-7-9-17(10-8-15)14-29-24(30)20-12-11-18(13-21(20)26-25(29)31)23-27-22(28-32-23)19-6-4-3-5-16(19)2/h3-13H,14H2,1-2H3,(H,26,31). The Morgan fingerprint density at radius 1 is 0.969 bits per heavy atom. The summed E-state index contributed by atoms with van der Waals surface area (Å²) in [7, 11) is 0. The molecule has 1 N–H and O–H groups in total. The molecule has 3 aromatic carbocycles. The van der Waals surface area contributed by atoms with Crippen LogP contribution in [0.15, 0.2) is 80.8 Å². The Kier molecular flexibility index (Phi) is 4.78. The molecule has 0 saturated carbocycles. The summed E-state index contributed by atoms with van der Waals surface area (Å²) < 4.78 is 6.65. The number of H-pyrrole nitrogens is 1. The summed E-state index contributed by atoms with van der Waals surface area (Å²) in [5.74, 6) is 0.801. The third-order valence-corrected chi connectivity index (χ3v) is 5.50. The number of nitrogens with zero attached hydrogens (tertiary/aromatic N) is 3. The van der Waals surface area contributed by atoms with Crippen molar-refractivity contribution in [1.82, 2.24) is 19.7 Å². The predicted molar refractivity (Wildman–Crippen MR) is 123 cm³/mol. The first-order chi connectivity index (χ1) is 15.5. The van der Waals surface area contributed by atoms with Gasteiger partial charge in [-0.15, -0.1) is 0 Å². The second-order valence-corrected chi connectivity index (χ2v) is 7.81. The molecule has 7 heteroatoms. The van der Waals surface area contributed by atoms with Gasteiger partial charge in [0.1, 0.15) is 0 Å². The average Bonchev–Trinajstić information content (AvgIpc) is 3.28. The van der Waals surface area contributed by atoms with Crippen LogP contribution in [0, 0.1) is 13.8 Å². The van der Waals surface area contributed by atoms with E-state index in [4.69, 9.17) is 4.52 Å². The number of aromatic nitrogens is 4. The molecule has 0 amide bonds. The Morgan fingerprint density at radius 3 is 2.53 bits per heavy atom. The van der Waals surface area contributed by atoms with E-state index in [-0.39, 0.29) is 12.1 Å². The number of aryl methyl sites for hydroxylation is 2. The number of rotatable bonds is 4. The molecular weight excluding hydrogens is 404 g/mol. The van der Waals surface area contributed by atoms with E-state index in [2.05, 4.69) is 15.1 Å². The molecule has 0 atom stereocenters. The van der Waals surface area contributed by atoms with Crippen molar-refractivity contribution in [1.29, 1.82) is 0 Å². The fourth-order valence-electron chi connectivity index (χ4n) is 3.68. The van der Waals surface area contributed by atoms with Gasteiger partial charge in [-0.3, -0.25) is 9.36 Å². The Bertz CT molecular complexity index is 1560. The maximum atomic E-state index is 13.0. The number of benzene rings is 3. The van der Waals surface area contributed by atoms with Gasteiger partial charge >= 0.3 is 5.69 Å². The van der Waals surface area contributed by atoms with Gasteiger partial charge in [-0.2, -0.15) is 4.98 Å². The highest BCUT2D eigenvalue weighted by molar-refractivity contribution is 5.82. The number of fused-ring (bicyclic) bond motifs is 1. The molecule has 0 saturated heterocycles. The van der Waals surface area contributed by atoms with Crippen LogP contribution in [0.5, 0.6) is 0 Å². The molecule has 2 aromatic heterocycles. The van der Waals surface area contributed by atoms with Crippen molar-refractivity contribution in [2.24, 2.45) is 0 Å². The van der Waals surface area contributed by atoms with E-state index in [0.717, 1.165) is 22.3 Å². The van der Waals surface area contributed by atoms with Gasteiger partial charge < -0.3 is 9.51 Å². The third kappa shape index (κ3) is 3.54. The fraction of sp³-hybridized carbons (Fsp3) is 0.120. The van der Waals surface area contributed by atoms with Gasteiger partial charge in [0, 0.05) is 11.1 Å². The van der Waals surface area contributed by atoms with Crippen LogP contribution in [0.2, 0.25) is 0 Å². The molecule has 0 spiro atoms. The van der Waals surface area contributed by atoms with Crippen molar-refractivity contribution >= 4 is 10.9 Å². The summed E-state index contributed by atoms with van der Waals surface area (Å²) >= 11 is 0. The average molecular weight is 424 g/mol. The minimum atomic E-state index is -0.466. The molecule has 5 aromatic rings. The van der Waals surface area contributed by atoms with Crippen LogP contribution in [0.3, 0.4) is 0 Å². The molecule has 0 bridgehead atoms. The minimum absolute atomic E-state index is 0.204. The van der Waals surface area contributed by atoms with Crippen LogP contribution in [-0.4, -0.2) is 19.7 Å². The van der Waals surface area contributed by atoms with Gasteiger partial charge in [-0.05, 0) is 43.2 Å². The minimum Gasteiger partial charge on any atom is -0.334 e. The zero-order valence-corrected chi connectivity index (χ0v) is 17.6. The maximum Gasteiger partial charge on any atom is 0.329 e. The van der Waals surface area contributed by atoms with Gasteiger partial charge in [-0.1, -0.05) is 59.3 Å². The smallest absolute Gasteiger partial charge is 0.329 e. The molecule has 32 heavy (non-hydrogen) atoms. The van der Waals surface area contributed by atoms with Crippen LogP contribution < -0.4 is 11.2 Å². The first kappa shape index (κ1) is 19.7. The summed E-state index contributed by atoms with van der Waals surface area (Å²) in [6.45, 7) is 4.17. The monoisotopic (exact) mass is 424 g/mol. The van der Waals surface area contributed by atoms with Crippen LogP contribution in [0.25, 0.3) is 33.7 Å². The van der Waals surface area contributed by atoms with E-state index in [9.17, 15) is 9.59 Å². The largest absolute Gasteiger partial charge is 0.334 e. The zero-order chi connectivity index (χ0) is 22.2. The lowest BCUT2D eigenvalue weighted by Crippen LogP contribution is -2.35. The quantitative estimate of drug-likeness (QED) is 0.469. The number of aromatic amines is 1. The summed E-state index contributed by atoms with van der Waals surface area (Å²) in [6, 6.07) is 20.6. The highest BCUT2D eigenvalue weighted by Gasteiger charge is 2.14. The zero-order valence-electron chi connectivity index (χ0n) is 17.6. The first-order valence-electron chi connectivity index (χ1n) is 10.2. The van der Waals surface area contributed by atoms with E-state index in [1.54, 1.807) is 18.2 Å². The summed E-state index contributed by atoms with van der Waals surface area (Å²) in [5, 5.41) is 4.50. The normalized spacial score (nSPS) is 11.2. The third-order valence-electron chi connectivity index (χ3n) is 5.50. The lowest BCUT2D eigenvalue weighted by molar-refractivity contribution is 0.432. The Balaban J connectivity index is 1.53. The van der Waals surface area contributed by atoms with Crippen molar-refractivity contribution < 1.29 is 4.52 Å². The van der Waals surface area contributed by atoms with Crippen LogP contribution in [0.1, 0.15) is 16.7 Å². The van der Waals surface area contributed by atoms with Crippen molar-refractivity contribution in [3.05, 3.63) is 104 Å². The summed E-state index contributed by atoms with van der Waals surface area (Å²) in [6.07, 6.45) is 0. The number of hydrogen-bond acceptors (Lipinski definition) is 5. The van der Waals surface area contributed by atoms with Gasteiger partial charge in [-0.25, -0.2) is 4.79 Å². The second-order valence-electron chi connectivity index (χ2n) is 7.81. The molecule has 0 fully saturated rings. The second kappa shape index (κ2) is 7.77. The highest BCUT2D eigenvalue weighted by atomic mass is 16.5. The van der Waals surface area contributed by atoms with Gasteiger partial charge in [0.2, 0.25) is 5.82 Å². The molecule has 0 aliphatic carbocycles. The van der Waals surface area contributed by atoms with Gasteiger partial charge in [0.25, 0.3) is 11.4 Å². The molecule has 5 rings (SSSR count). The fourth-order valence-corrected chi connectivity index (χ4v) is 3.68. The first-order valence-corrected chi connectivity index (χ1v) is 10.2. The maximum absolute atomic E-state index is 13.0. The number of nitrogens with one attached hydrogen (secondary N) is 1. The molecule has 7 nitrogen and oxygen atoms in total. The van der Waals surface area contributed by atoms with Crippen LogP contribution >= 0.6 is 0 Å². The number of hydrogen-bond donors (Lipinski definition) is 1. The molecule has 2 heterocycles. The molecule has 0 radical (unpaired) electrons. The van der Waals surface area contributed by atoms with Crippen molar-refractivity contribution in [3.8, 4) is 22.8 Å². The Labute approximate surface area is 183 Å². The Morgan fingerprint density at radius 2 is 1.75 bits per heavy atom. The van der Waals surface area contributed by atoms with E-state index < -0.39 is 5.69 Å². The molecule has 0 unspecified atom stereocenters. The molecule has 158 valence electrons. The van der Waals surface area contributed by atoms with E-state index in [1.807, 2.05) is 62.4 Å². The molecular formula is C25H20N4O3. The molecule has 0 aliphatic rings. The van der Waals surface area contributed by atoms with Crippen molar-refractivity contribution in [3.63, 3.8) is 0 Å². The molecule has 0 aliphatic heterocycles. The van der Waals surface area contributed by atoms with Gasteiger partial charge in [0.05, 0.1) is 17.4 Å². The van der Waals surface area contributed by atoms with E-state index in [0.29, 0.717) is 28.2 Å². The predicted octanol–water partition coefficient (Wildman–Crippen LogP) is 4.07. The Hall–Kier alpha value is -4.26.